The van der Waals surface area contributed by atoms with Crippen LogP contribution in [-0.4, -0.2) is 25.2 Å². The maximum atomic E-state index is 12.1. The second kappa shape index (κ2) is 13.4. The van der Waals surface area contributed by atoms with Crippen LogP contribution in [0.5, 0.6) is 0 Å². The van der Waals surface area contributed by atoms with Crippen molar-refractivity contribution in [1.29, 1.82) is 0 Å². The summed E-state index contributed by atoms with van der Waals surface area (Å²) in [5, 5.41) is 2.92. The molecule has 1 aromatic carbocycles. The van der Waals surface area contributed by atoms with Gasteiger partial charge in [0.25, 0.3) is 5.91 Å². The van der Waals surface area contributed by atoms with Gasteiger partial charge in [0.2, 0.25) is 0 Å². The van der Waals surface area contributed by atoms with Crippen molar-refractivity contribution in [2.24, 2.45) is 0 Å². The van der Waals surface area contributed by atoms with Crippen LogP contribution in [0.3, 0.4) is 0 Å². The van der Waals surface area contributed by atoms with Crippen LogP contribution in [0, 0.1) is 6.57 Å². The fourth-order valence-corrected chi connectivity index (χ4v) is 2.63. The van der Waals surface area contributed by atoms with E-state index in [0.29, 0.717) is 17.9 Å². The van der Waals surface area contributed by atoms with Crippen molar-refractivity contribution in [1.82, 2.24) is 5.32 Å². The van der Waals surface area contributed by atoms with Gasteiger partial charge in [-0.15, -0.1) is 0 Å². The molecule has 0 unspecified atom stereocenters. The molecule has 0 aliphatic heterocycles. The first-order valence-corrected chi connectivity index (χ1v) is 9.53. The van der Waals surface area contributed by atoms with Gasteiger partial charge in [-0.25, -0.2) is 4.85 Å². The van der Waals surface area contributed by atoms with Crippen molar-refractivity contribution >= 4 is 11.6 Å². The molecule has 0 bridgehead atoms. The Bertz CT molecular complexity index is 520. The summed E-state index contributed by atoms with van der Waals surface area (Å²) in [7, 11) is 0. The van der Waals surface area contributed by atoms with E-state index < -0.39 is 0 Å². The van der Waals surface area contributed by atoms with Crippen molar-refractivity contribution in [2.45, 2.75) is 71.3 Å². The molecular formula is C21H32N2O2. The average molecular weight is 344 g/mol. The molecule has 0 aliphatic rings. The number of ether oxygens (including phenoxy) is 1. The van der Waals surface area contributed by atoms with Crippen LogP contribution in [0.2, 0.25) is 0 Å². The van der Waals surface area contributed by atoms with E-state index in [4.69, 9.17) is 11.3 Å². The van der Waals surface area contributed by atoms with E-state index >= 15 is 0 Å². The van der Waals surface area contributed by atoms with E-state index in [9.17, 15) is 4.79 Å². The minimum atomic E-state index is -0.125. The van der Waals surface area contributed by atoms with E-state index in [1.807, 2.05) is 6.92 Å². The van der Waals surface area contributed by atoms with Crippen molar-refractivity contribution in [2.75, 3.05) is 13.2 Å². The number of unbranched alkanes of at least 4 members (excludes halogenated alkanes) is 7. The van der Waals surface area contributed by atoms with Crippen LogP contribution in [0.25, 0.3) is 4.85 Å². The minimum absolute atomic E-state index is 0.0258. The highest BCUT2D eigenvalue weighted by Gasteiger charge is 2.09. The topological polar surface area (TPSA) is 42.7 Å². The van der Waals surface area contributed by atoms with Crippen LogP contribution in [-0.2, 0) is 4.74 Å². The number of benzene rings is 1. The Labute approximate surface area is 152 Å². The predicted octanol–water partition coefficient (Wildman–Crippen LogP) is 5.51. The zero-order chi connectivity index (χ0) is 18.3. The molecule has 0 aliphatic carbocycles. The van der Waals surface area contributed by atoms with Crippen molar-refractivity contribution < 1.29 is 9.53 Å². The van der Waals surface area contributed by atoms with Crippen molar-refractivity contribution in [3.8, 4) is 0 Å². The van der Waals surface area contributed by atoms with E-state index in [1.165, 1.54) is 44.9 Å². The molecule has 0 saturated heterocycles. The van der Waals surface area contributed by atoms with Gasteiger partial charge in [0, 0.05) is 18.2 Å². The Balaban J connectivity index is 2.05. The number of nitrogens with one attached hydrogen (secondary N) is 1. The van der Waals surface area contributed by atoms with Gasteiger partial charge in [-0.05, 0) is 13.3 Å². The minimum Gasteiger partial charge on any atom is -0.379 e. The summed E-state index contributed by atoms with van der Waals surface area (Å²) in [5.74, 6) is -0.125. The number of hydrogen-bond donors (Lipinski definition) is 1. The third kappa shape index (κ3) is 9.89. The number of rotatable bonds is 13. The lowest BCUT2D eigenvalue weighted by molar-refractivity contribution is 0.0846. The van der Waals surface area contributed by atoms with Gasteiger partial charge in [-0.2, -0.15) is 0 Å². The van der Waals surface area contributed by atoms with Crippen molar-refractivity contribution in [3.63, 3.8) is 0 Å². The number of carbonyl (C=O) groups excluding carboxylic acids is 1. The molecule has 0 radical (unpaired) electrons. The lowest BCUT2D eigenvalue weighted by Gasteiger charge is -2.14. The molecule has 0 saturated carbocycles. The quantitative estimate of drug-likeness (QED) is 0.378. The van der Waals surface area contributed by atoms with Gasteiger partial charge >= 0.3 is 0 Å². The largest absolute Gasteiger partial charge is 0.379 e. The standard InChI is InChI=1S/C21H32N2O2/c1-4-5-6-7-8-9-10-11-16-25-17-18(2)23-21(24)19-12-14-20(22-3)15-13-19/h12-15,18H,4-11,16-17H2,1-2H3,(H,23,24)/t18-/m0/s1. The Kier molecular flexibility index (Phi) is 11.4. The normalized spacial score (nSPS) is 11.7. The molecule has 0 aromatic heterocycles. The van der Waals surface area contributed by atoms with Gasteiger partial charge < -0.3 is 10.1 Å². The van der Waals surface area contributed by atoms with Gasteiger partial charge in [-0.1, -0.05) is 76.1 Å². The van der Waals surface area contributed by atoms with Gasteiger partial charge in [0.1, 0.15) is 0 Å². The molecule has 138 valence electrons. The average Bonchev–Trinajstić information content (AvgIpc) is 2.63. The van der Waals surface area contributed by atoms with Crippen molar-refractivity contribution in [3.05, 3.63) is 41.2 Å². The molecule has 25 heavy (non-hydrogen) atoms. The predicted molar refractivity (Wildman–Crippen MR) is 103 cm³/mol. The third-order valence-corrected chi connectivity index (χ3v) is 4.15. The smallest absolute Gasteiger partial charge is 0.251 e. The lowest BCUT2D eigenvalue weighted by atomic mass is 10.1. The fourth-order valence-electron chi connectivity index (χ4n) is 2.63. The molecule has 4 heteroatoms. The summed E-state index contributed by atoms with van der Waals surface area (Å²) in [6.45, 7) is 12.4. The Morgan fingerprint density at radius 1 is 1.08 bits per heavy atom. The van der Waals surface area contributed by atoms with E-state index in [2.05, 4.69) is 17.1 Å². The second-order valence-corrected chi connectivity index (χ2v) is 6.58. The summed E-state index contributed by atoms with van der Waals surface area (Å²) in [4.78, 5) is 15.4. The molecule has 0 spiro atoms. The summed E-state index contributed by atoms with van der Waals surface area (Å²) in [6, 6.07) is 6.65. The zero-order valence-corrected chi connectivity index (χ0v) is 15.7. The molecule has 1 atom stereocenters. The van der Waals surface area contributed by atoms with Crippen LogP contribution in [0.1, 0.15) is 75.6 Å². The molecule has 1 N–H and O–H groups in total. The number of amides is 1. The Morgan fingerprint density at radius 2 is 1.68 bits per heavy atom. The highest BCUT2D eigenvalue weighted by molar-refractivity contribution is 5.94. The SMILES string of the molecule is [C-]#[N+]c1ccc(C(=O)N[C@@H](C)COCCCCCCCCCC)cc1. The fraction of sp³-hybridized carbons (Fsp3) is 0.619. The molecule has 1 amide bonds. The van der Waals surface area contributed by atoms with Gasteiger partial charge in [0.05, 0.1) is 13.2 Å². The summed E-state index contributed by atoms with van der Waals surface area (Å²) in [5.41, 5.74) is 1.11. The maximum absolute atomic E-state index is 12.1. The van der Waals surface area contributed by atoms with Crippen LogP contribution in [0.15, 0.2) is 24.3 Å². The van der Waals surface area contributed by atoms with E-state index in [0.717, 1.165) is 13.0 Å². The first kappa shape index (κ1) is 21.2. The number of hydrogen-bond acceptors (Lipinski definition) is 2. The number of carbonyl (C=O) groups is 1. The molecule has 1 aromatic rings. The number of nitrogens with zero attached hydrogens (tertiary/aromatic N) is 1. The molecular weight excluding hydrogens is 312 g/mol. The zero-order valence-electron chi connectivity index (χ0n) is 15.7. The molecule has 4 nitrogen and oxygen atoms in total. The van der Waals surface area contributed by atoms with E-state index in [1.54, 1.807) is 24.3 Å². The monoisotopic (exact) mass is 344 g/mol. The lowest BCUT2D eigenvalue weighted by Crippen LogP contribution is -2.35. The molecule has 1 rings (SSSR count). The van der Waals surface area contributed by atoms with Crippen LogP contribution in [0.4, 0.5) is 5.69 Å². The van der Waals surface area contributed by atoms with Gasteiger partial charge in [-0.3, -0.25) is 4.79 Å². The summed E-state index contributed by atoms with van der Waals surface area (Å²) < 4.78 is 5.66. The van der Waals surface area contributed by atoms with E-state index in [-0.39, 0.29) is 11.9 Å². The van der Waals surface area contributed by atoms with Crippen LogP contribution >= 0.6 is 0 Å². The Morgan fingerprint density at radius 3 is 2.28 bits per heavy atom. The summed E-state index contributed by atoms with van der Waals surface area (Å²) in [6.07, 6.45) is 10.3. The molecule has 0 fully saturated rings. The first-order valence-electron chi connectivity index (χ1n) is 9.53. The Hall–Kier alpha value is -1.86. The third-order valence-electron chi connectivity index (χ3n) is 4.15. The van der Waals surface area contributed by atoms with Crippen LogP contribution < -0.4 is 5.32 Å². The summed E-state index contributed by atoms with van der Waals surface area (Å²) >= 11 is 0. The maximum Gasteiger partial charge on any atom is 0.251 e. The highest BCUT2D eigenvalue weighted by atomic mass is 16.5. The molecule has 0 heterocycles. The first-order chi connectivity index (χ1) is 12.2. The second-order valence-electron chi connectivity index (χ2n) is 6.58. The van der Waals surface area contributed by atoms with Gasteiger partial charge in [0.15, 0.2) is 5.69 Å². The highest BCUT2D eigenvalue weighted by Crippen LogP contribution is 2.12.